The van der Waals surface area contributed by atoms with Crippen molar-refractivity contribution in [3.8, 4) is 11.3 Å². The van der Waals surface area contributed by atoms with Crippen molar-refractivity contribution in [2.75, 3.05) is 0 Å². The van der Waals surface area contributed by atoms with Crippen molar-refractivity contribution in [1.82, 2.24) is 19.9 Å². The third-order valence-corrected chi connectivity index (χ3v) is 6.07. The monoisotopic (exact) mass is 366 g/mol. The average molecular weight is 366 g/mol. The van der Waals surface area contributed by atoms with Crippen LogP contribution >= 0.6 is 11.8 Å². The van der Waals surface area contributed by atoms with E-state index in [0.717, 1.165) is 11.3 Å². The number of amides is 1. The molecule has 3 heterocycles. The topological polar surface area (TPSA) is 91.2 Å². The summed E-state index contributed by atoms with van der Waals surface area (Å²) in [6.07, 6.45) is 2.18. The molecule has 2 saturated heterocycles. The number of β-lactam (4-membered cyclic amide) rings is 1. The van der Waals surface area contributed by atoms with Crippen LogP contribution in [0.3, 0.4) is 0 Å². The van der Waals surface area contributed by atoms with Crippen LogP contribution in [-0.4, -0.2) is 47.9 Å². The minimum Gasteiger partial charge on any atom is -0.548 e. The smallest absolute Gasteiger partial charge is 0.548 e. The maximum atomic E-state index is 11.7. The molecule has 0 aliphatic carbocycles. The Balaban J connectivity index is 0.00000182. The van der Waals surface area contributed by atoms with Gasteiger partial charge in [0.1, 0.15) is 5.69 Å². The quantitative estimate of drug-likeness (QED) is 0.427. The SMILES string of the molecule is C[C@@]1(Cn2cc(-c3ccccc3)nn2)S[C@@H]2CC(=O)N2[C@H]1C(=O)[O-].[Na+]. The summed E-state index contributed by atoms with van der Waals surface area (Å²) in [6.45, 7) is 2.18. The second-order valence-corrected chi connectivity index (χ2v) is 7.99. The Kier molecular flexibility index (Phi) is 4.98. The molecular formula is C16H15N4NaO3S. The van der Waals surface area contributed by atoms with Crippen molar-refractivity contribution >= 4 is 23.6 Å². The maximum absolute atomic E-state index is 11.7. The van der Waals surface area contributed by atoms with Gasteiger partial charge in [0.05, 0.1) is 41.3 Å². The molecule has 0 bridgehead atoms. The summed E-state index contributed by atoms with van der Waals surface area (Å²) < 4.78 is 0.943. The van der Waals surface area contributed by atoms with Crippen molar-refractivity contribution in [3.05, 3.63) is 36.5 Å². The van der Waals surface area contributed by atoms with E-state index in [1.807, 2.05) is 37.3 Å². The minimum atomic E-state index is -1.22. The van der Waals surface area contributed by atoms with Gasteiger partial charge < -0.3 is 14.8 Å². The van der Waals surface area contributed by atoms with Gasteiger partial charge in [0.2, 0.25) is 5.91 Å². The Morgan fingerprint density at radius 2 is 2.12 bits per heavy atom. The van der Waals surface area contributed by atoms with Crippen LogP contribution in [0.5, 0.6) is 0 Å². The molecule has 4 rings (SSSR count). The van der Waals surface area contributed by atoms with E-state index in [2.05, 4.69) is 10.3 Å². The fourth-order valence-corrected chi connectivity index (χ4v) is 5.15. The van der Waals surface area contributed by atoms with Gasteiger partial charge in [-0.1, -0.05) is 35.5 Å². The largest absolute Gasteiger partial charge is 1.00 e. The van der Waals surface area contributed by atoms with E-state index in [4.69, 9.17) is 0 Å². The predicted molar refractivity (Wildman–Crippen MR) is 85.5 cm³/mol. The van der Waals surface area contributed by atoms with Crippen LogP contribution in [-0.2, 0) is 16.1 Å². The van der Waals surface area contributed by atoms with E-state index in [-0.39, 0.29) is 40.8 Å². The van der Waals surface area contributed by atoms with Crippen LogP contribution in [0.4, 0.5) is 0 Å². The van der Waals surface area contributed by atoms with Gasteiger partial charge in [-0.15, -0.1) is 16.9 Å². The standard InChI is InChI=1S/C16H16N4O3S.Na/c1-16(14(15(22)23)20-12(21)7-13(20)24-16)9-19-8-11(17-18-19)10-5-3-2-4-6-10;/h2-6,8,13-14H,7,9H2,1H3,(H,22,23);/q;+1/p-1/t13-,14+,16+;/m1./s1. The number of nitrogens with zero attached hydrogens (tertiary/aromatic N) is 4. The summed E-state index contributed by atoms with van der Waals surface area (Å²) in [6, 6.07) is 8.70. The molecule has 0 unspecified atom stereocenters. The summed E-state index contributed by atoms with van der Waals surface area (Å²) in [5.41, 5.74) is 1.68. The van der Waals surface area contributed by atoms with Crippen molar-refractivity contribution in [1.29, 1.82) is 0 Å². The number of hydrogen-bond acceptors (Lipinski definition) is 6. The number of thioether (sulfide) groups is 1. The number of carbonyl (C=O) groups is 2. The molecule has 124 valence electrons. The summed E-state index contributed by atoms with van der Waals surface area (Å²) in [4.78, 5) is 24.8. The number of carboxylic acid groups (broad SMARTS) is 1. The summed E-state index contributed by atoms with van der Waals surface area (Å²) in [5.74, 6) is -1.35. The molecule has 0 spiro atoms. The third kappa shape index (κ3) is 3.12. The number of benzene rings is 1. The van der Waals surface area contributed by atoms with Gasteiger partial charge >= 0.3 is 29.6 Å². The Hall–Kier alpha value is -1.35. The fraction of sp³-hybridized carbons (Fsp3) is 0.375. The molecule has 0 N–H and O–H groups in total. The first kappa shape index (κ1) is 18.4. The Labute approximate surface area is 171 Å². The first-order valence-corrected chi connectivity index (χ1v) is 8.51. The van der Waals surface area contributed by atoms with Crippen LogP contribution in [0.1, 0.15) is 13.3 Å². The first-order valence-electron chi connectivity index (χ1n) is 7.63. The van der Waals surface area contributed by atoms with Gasteiger partial charge in [0, 0.05) is 5.56 Å². The zero-order valence-electron chi connectivity index (χ0n) is 14.0. The zero-order valence-corrected chi connectivity index (χ0v) is 16.8. The summed E-state index contributed by atoms with van der Waals surface area (Å²) >= 11 is 1.50. The van der Waals surface area contributed by atoms with Gasteiger partial charge in [0.15, 0.2) is 0 Å². The van der Waals surface area contributed by atoms with E-state index < -0.39 is 16.8 Å². The van der Waals surface area contributed by atoms with Gasteiger partial charge in [-0.05, 0) is 6.92 Å². The second-order valence-electron chi connectivity index (χ2n) is 6.28. The molecule has 9 heteroatoms. The summed E-state index contributed by atoms with van der Waals surface area (Å²) in [7, 11) is 0. The minimum absolute atomic E-state index is 0. The number of carboxylic acids is 1. The molecule has 25 heavy (non-hydrogen) atoms. The number of carbonyl (C=O) groups excluding carboxylic acids is 2. The second kappa shape index (κ2) is 6.75. The first-order chi connectivity index (χ1) is 11.5. The molecule has 7 nitrogen and oxygen atoms in total. The fourth-order valence-electron chi connectivity index (χ4n) is 3.40. The van der Waals surface area contributed by atoms with Gasteiger partial charge in [0.25, 0.3) is 0 Å². The van der Waals surface area contributed by atoms with Crippen molar-refractivity contribution in [3.63, 3.8) is 0 Å². The molecule has 1 amide bonds. The third-order valence-electron chi connectivity index (χ3n) is 4.52. The average Bonchev–Trinajstić information content (AvgIpc) is 3.09. The van der Waals surface area contributed by atoms with E-state index >= 15 is 0 Å². The molecule has 3 atom stereocenters. The Morgan fingerprint density at radius 3 is 2.76 bits per heavy atom. The Bertz CT molecular complexity index is 815. The zero-order chi connectivity index (χ0) is 16.9. The molecule has 2 aliphatic heterocycles. The molecular weight excluding hydrogens is 351 g/mol. The molecule has 2 aliphatic rings. The molecule has 0 saturated carbocycles. The van der Waals surface area contributed by atoms with Gasteiger partial charge in [-0.3, -0.25) is 9.48 Å². The van der Waals surface area contributed by atoms with Crippen molar-refractivity contribution < 1.29 is 44.3 Å². The van der Waals surface area contributed by atoms with E-state index in [0.29, 0.717) is 13.0 Å². The molecule has 1 aromatic carbocycles. The van der Waals surface area contributed by atoms with Crippen LogP contribution < -0.4 is 34.7 Å². The number of rotatable bonds is 4. The van der Waals surface area contributed by atoms with E-state index in [1.54, 1.807) is 10.9 Å². The van der Waals surface area contributed by atoms with E-state index in [9.17, 15) is 14.7 Å². The van der Waals surface area contributed by atoms with Crippen LogP contribution in [0.25, 0.3) is 11.3 Å². The number of aliphatic carboxylic acids is 1. The van der Waals surface area contributed by atoms with E-state index in [1.165, 1.54) is 16.7 Å². The summed E-state index contributed by atoms with van der Waals surface area (Å²) in [5, 5.41) is 19.8. The predicted octanol–water partition coefficient (Wildman–Crippen LogP) is -2.87. The molecule has 0 radical (unpaired) electrons. The normalized spacial score (nSPS) is 27.4. The van der Waals surface area contributed by atoms with Crippen molar-refractivity contribution in [2.45, 2.75) is 36.1 Å². The van der Waals surface area contributed by atoms with Crippen LogP contribution in [0, 0.1) is 0 Å². The maximum Gasteiger partial charge on any atom is 1.00 e. The number of hydrogen-bond donors (Lipinski definition) is 0. The number of aromatic nitrogens is 3. The number of fused-ring (bicyclic) bond motifs is 1. The van der Waals surface area contributed by atoms with Gasteiger partial charge in [-0.25, -0.2) is 0 Å². The Morgan fingerprint density at radius 1 is 1.40 bits per heavy atom. The van der Waals surface area contributed by atoms with Crippen molar-refractivity contribution in [2.24, 2.45) is 0 Å². The molecule has 2 aromatic rings. The molecule has 2 fully saturated rings. The van der Waals surface area contributed by atoms with Crippen LogP contribution in [0.15, 0.2) is 36.5 Å². The van der Waals surface area contributed by atoms with Gasteiger partial charge in [-0.2, -0.15) is 0 Å². The van der Waals surface area contributed by atoms with Crippen LogP contribution in [0.2, 0.25) is 0 Å². The molecule has 1 aromatic heterocycles.